The topological polar surface area (TPSA) is 46.5 Å². The van der Waals surface area contributed by atoms with Crippen molar-refractivity contribution in [1.82, 2.24) is 0 Å². The van der Waals surface area contributed by atoms with Crippen molar-refractivity contribution >= 4 is 17.3 Å². The number of carbonyl (C=O) groups is 2. The van der Waals surface area contributed by atoms with Crippen molar-refractivity contribution in [2.24, 2.45) is 4.99 Å². The van der Waals surface area contributed by atoms with Crippen molar-refractivity contribution in [1.29, 1.82) is 0 Å². The van der Waals surface area contributed by atoms with E-state index in [2.05, 4.69) is 36.2 Å². The molecule has 0 atom stereocenters. The molecule has 0 saturated carbocycles. The van der Waals surface area contributed by atoms with Crippen molar-refractivity contribution in [3.63, 3.8) is 0 Å². The van der Waals surface area contributed by atoms with Gasteiger partial charge in [-0.1, -0.05) is 36.8 Å². The molecule has 23 heavy (non-hydrogen) atoms. The van der Waals surface area contributed by atoms with Crippen molar-refractivity contribution in [3.05, 3.63) is 46.7 Å². The van der Waals surface area contributed by atoms with E-state index in [1.807, 2.05) is 13.8 Å². The fourth-order valence-electron chi connectivity index (χ4n) is 2.31. The van der Waals surface area contributed by atoms with Gasteiger partial charge in [-0.2, -0.15) is 0 Å². The number of rotatable bonds is 8. The van der Waals surface area contributed by atoms with Gasteiger partial charge < -0.3 is 0 Å². The zero-order chi connectivity index (χ0) is 17.4. The fraction of sp³-hybridized carbons (Fsp3) is 0.450. The van der Waals surface area contributed by atoms with Gasteiger partial charge >= 0.3 is 0 Å². The van der Waals surface area contributed by atoms with E-state index >= 15 is 0 Å². The number of Topliss-reactive ketones (excluding diaryl/α,β-unsaturated/α-hetero) is 2. The van der Waals surface area contributed by atoms with Crippen LogP contribution < -0.4 is 0 Å². The number of aliphatic imine (C=N–C) groups is 1. The summed E-state index contributed by atoms with van der Waals surface area (Å²) in [6, 6.07) is 8.51. The summed E-state index contributed by atoms with van der Waals surface area (Å²) in [6.07, 6.45) is 2.46. The number of hydrogen-bond acceptors (Lipinski definition) is 3. The molecule has 0 aliphatic heterocycles. The minimum atomic E-state index is -0.121. The maximum absolute atomic E-state index is 12.0. The van der Waals surface area contributed by atoms with Crippen LogP contribution in [-0.2, 0) is 16.0 Å². The van der Waals surface area contributed by atoms with Gasteiger partial charge in [0.1, 0.15) is 5.78 Å². The van der Waals surface area contributed by atoms with Crippen LogP contribution in [-0.4, -0.2) is 17.3 Å². The molecule has 3 heteroatoms. The van der Waals surface area contributed by atoms with E-state index in [4.69, 9.17) is 0 Å². The smallest absolute Gasteiger partial charge is 0.167 e. The van der Waals surface area contributed by atoms with E-state index in [1.54, 1.807) is 6.92 Å². The maximum atomic E-state index is 12.0. The molecular formula is C20H27NO2. The second kappa shape index (κ2) is 9.19. The molecule has 1 rings (SSSR count). The van der Waals surface area contributed by atoms with Gasteiger partial charge in [0.15, 0.2) is 5.78 Å². The Hall–Kier alpha value is -2.03. The lowest BCUT2D eigenvalue weighted by Crippen LogP contribution is -2.08. The van der Waals surface area contributed by atoms with Gasteiger partial charge in [-0.15, -0.1) is 0 Å². The van der Waals surface area contributed by atoms with Crippen LogP contribution in [0.25, 0.3) is 0 Å². The van der Waals surface area contributed by atoms with Crippen LogP contribution in [0.2, 0.25) is 0 Å². The number of aryl methyl sites for hydroxylation is 2. The Morgan fingerprint density at radius 2 is 1.65 bits per heavy atom. The maximum Gasteiger partial charge on any atom is 0.167 e. The number of allylic oxidation sites excluding steroid dienone is 2. The van der Waals surface area contributed by atoms with Crippen molar-refractivity contribution in [2.75, 3.05) is 0 Å². The summed E-state index contributed by atoms with van der Waals surface area (Å²) in [7, 11) is 0. The van der Waals surface area contributed by atoms with Gasteiger partial charge in [0.25, 0.3) is 0 Å². The third-order valence-corrected chi connectivity index (χ3v) is 3.82. The summed E-state index contributed by atoms with van der Waals surface area (Å²) in [6.45, 7) is 9.26. The molecule has 0 aliphatic rings. The summed E-state index contributed by atoms with van der Waals surface area (Å²) in [4.78, 5) is 27.7. The second-order valence-corrected chi connectivity index (χ2v) is 6.06. The summed E-state index contributed by atoms with van der Waals surface area (Å²) < 4.78 is 0. The van der Waals surface area contributed by atoms with E-state index in [1.165, 1.54) is 18.1 Å². The first-order chi connectivity index (χ1) is 10.8. The standard InChI is InChI=1S/C20H27NO2/c1-6-19(17(5)20(23)13-16(4)22)21-15(3)9-12-18-10-7-14(2)8-11-18/h7-8,10-11H,6,9,12-13H2,1-5H3/b19-17+,21-15?. The number of carbonyl (C=O) groups excluding carboxylic acids is 2. The Labute approximate surface area is 139 Å². The van der Waals surface area contributed by atoms with Crippen LogP contribution >= 0.6 is 0 Å². The van der Waals surface area contributed by atoms with E-state index in [0.717, 1.165) is 24.3 Å². The molecule has 0 radical (unpaired) electrons. The Kier molecular flexibility index (Phi) is 7.60. The minimum absolute atomic E-state index is 0.0345. The molecule has 0 heterocycles. The molecule has 0 bridgehead atoms. The van der Waals surface area contributed by atoms with Crippen molar-refractivity contribution < 1.29 is 9.59 Å². The Morgan fingerprint density at radius 3 is 2.17 bits per heavy atom. The van der Waals surface area contributed by atoms with E-state index in [0.29, 0.717) is 12.0 Å². The second-order valence-electron chi connectivity index (χ2n) is 6.06. The summed E-state index contributed by atoms with van der Waals surface area (Å²) in [5.41, 5.74) is 4.96. The largest absolute Gasteiger partial charge is 0.300 e. The first kappa shape index (κ1) is 19.0. The third kappa shape index (κ3) is 6.72. The van der Waals surface area contributed by atoms with Crippen LogP contribution in [0.5, 0.6) is 0 Å². The van der Waals surface area contributed by atoms with Crippen molar-refractivity contribution in [3.8, 4) is 0 Å². The summed E-state index contributed by atoms with van der Waals surface area (Å²) in [5, 5.41) is 0. The van der Waals surface area contributed by atoms with E-state index in [9.17, 15) is 9.59 Å². The Bertz CT molecular complexity index is 622. The molecule has 0 unspecified atom stereocenters. The average molecular weight is 313 g/mol. The predicted molar refractivity (Wildman–Crippen MR) is 95.9 cm³/mol. The van der Waals surface area contributed by atoms with Crippen LogP contribution in [0.4, 0.5) is 0 Å². The zero-order valence-electron chi connectivity index (χ0n) is 14.9. The molecule has 3 nitrogen and oxygen atoms in total. The zero-order valence-corrected chi connectivity index (χ0v) is 14.9. The lowest BCUT2D eigenvalue weighted by atomic mass is 10.0. The molecule has 0 N–H and O–H groups in total. The fourth-order valence-corrected chi connectivity index (χ4v) is 2.31. The average Bonchev–Trinajstić information content (AvgIpc) is 2.50. The minimum Gasteiger partial charge on any atom is -0.300 e. The molecule has 0 fully saturated rings. The normalized spacial score (nSPS) is 12.8. The predicted octanol–water partition coefficient (Wildman–Crippen LogP) is 4.62. The van der Waals surface area contributed by atoms with Gasteiger partial charge in [-0.05, 0) is 52.5 Å². The first-order valence-corrected chi connectivity index (χ1v) is 8.15. The van der Waals surface area contributed by atoms with Gasteiger partial charge in [0, 0.05) is 17.0 Å². The Morgan fingerprint density at radius 1 is 1.04 bits per heavy atom. The molecule has 0 aliphatic carbocycles. The van der Waals surface area contributed by atoms with Crippen LogP contribution in [0.15, 0.2) is 40.5 Å². The van der Waals surface area contributed by atoms with Gasteiger partial charge in [0.2, 0.25) is 0 Å². The van der Waals surface area contributed by atoms with Crippen LogP contribution in [0.1, 0.15) is 58.1 Å². The van der Waals surface area contributed by atoms with Crippen LogP contribution in [0, 0.1) is 6.92 Å². The van der Waals surface area contributed by atoms with Crippen molar-refractivity contribution in [2.45, 2.75) is 60.3 Å². The molecule has 0 aromatic heterocycles. The van der Waals surface area contributed by atoms with Gasteiger partial charge in [-0.3, -0.25) is 14.6 Å². The highest BCUT2D eigenvalue weighted by atomic mass is 16.1. The number of ketones is 2. The van der Waals surface area contributed by atoms with E-state index in [-0.39, 0.29) is 18.0 Å². The molecule has 0 amide bonds. The lowest BCUT2D eigenvalue weighted by molar-refractivity contribution is -0.123. The highest BCUT2D eigenvalue weighted by Crippen LogP contribution is 2.15. The highest BCUT2D eigenvalue weighted by molar-refractivity contribution is 6.07. The third-order valence-electron chi connectivity index (χ3n) is 3.82. The molecule has 1 aromatic carbocycles. The summed E-state index contributed by atoms with van der Waals surface area (Å²) >= 11 is 0. The highest BCUT2D eigenvalue weighted by Gasteiger charge is 2.11. The summed E-state index contributed by atoms with van der Waals surface area (Å²) in [5.74, 6) is -0.227. The molecule has 124 valence electrons. The number of benzene rings is 1. The monoisotopic (exact) mass is 313 g/mol. The first-order valence-electron chi connectivity index (χ1n) is 8.15. The molecule has 1 aromatic rings. The molecule has 0 saturated heterocycles. The van der Waals surface area contributed by atoms with Gasteiger partial charge in [0.05, 0.1) is 6.42 Å². The SMILES string of the molecule is CC/C(N=C(C)CCc1ccc(C)cc1)=C(/C)C(=O)CC(C)=O. The number of hydrogen-bond donors (Lipinski definition) is 0. The lowest BCUT2D eigenvalue weighted by Gasteiger charge is -2.07. The van der Waals surface area contributed by atoms with Gasteiger partial charge in [-0.25, -0.2) is 0 Å². The molecule has 0 spiro atoms. The Balaban J connectivity index is 2.77. The molecular weight excluding hydrogens is 286 g/mol. The van der Waals surface area contributed by atoms with Crippen LogP contribution in [0.3, 0.4) is 0 Å². The quantitative estimate of drug-likeness (QED) is 0.399. The van der Waals surface area contributed by atoms with E-state index < -0.39 is 0 Å². The number of nitrogens with zero attached hydrogens (tertiary/aromatic N) is 1.